The van der Waals surface area contributed by atoms with Crippen LogP contribution < -0.4 is 9.47 Å². The number of hydrogen-bond donors (Lipinski definition) is 1. The van der Waals surface area contributed by atoms with Gasteiger partial charge in [0, 0.05) is 32.7 Å². The quantitative estimate of drug-likeness (QED) is 0.623. The molecule has 2 aliphatic heterocycles. The van der Waals surface area contributed by atoms with Crippen molar-refractivity contribution in [2.24, 2.45) is 0 Å². The van der Waals surface area contributed by atoms with Gasteiger partial charge in [-0.05, 0) is 31.5 Å². The molecular weight excluding hydrogens is 426 g/mol. The third-order valence-electron chi connectivity index (χ3n) is 5.38. The smallest absolute Gasteiger partial charge is 0.248 e. The van der Waals surface area contributed by atoms with Gasteiger partial charge in [-0.25, -0.2) is 8.42 Å². The number of β-amino-alcohol motifs (C(OH)–C–C–N with tert-alkyl or cyclic N) is 1. The molecule has 1 N–H and O–H groups in total. The SMILES string of the molecule is Cc1noc(C)c1S(=O)(=O)N1CCN(C[C@@H](O)COCc2ccc3c(c2)OCO3)CC1. The zero-order valence-electron chi connectivity index (χ0n) is 17.6. The van der Waals surface area contributed by atoms with Gasteiger partial charge in [0.15, 0.2) is 17.3 Å². The first kappa shape index (κ1) is 22.0. The molecular formula is C20H27N3O7S. The molecule has 170 valence electrons. The van der Waals surface area contributed by atoms with E-state index in [4.69, 9.17) is 18.7 Å². The Hall–Kier alpha value is -2.18. The molecule has 11 heteroatoms. The number of fused-ring (bicyclic) bond motifs is 1. The maximum absolute atomic E-state index is 12.9. The van der Waals surface area contributed by atoms with E-state index in [9.17, 15) is 13.5 Å². The van der Waals surface area contributed by atoms with Gasteiger partial charge in [-0.3, -0.25) is 4.90 Å². The summed E-state index contributed by atoms with van der Waals surface area (Å²) in [5.74, 6) is 1.72. The van der Waals surface area contributed by atoms with Crippen LogP contribution in [0.25, 0.3) is 0 Å². The van der Waals surface area contributed by atoms with Crippen LogP contribution in [0.1, 0.15) is 17.0 Å². The number of rotatable bonds is 8. The van der Waals surface area contributed by atoms with E-state index in [2.05, 4.69) is 5.16 Å². The minimum absolute atomic E-state index is 0.151. The van der Waals surface area contributed by atoms with Crippen LogP contribution >= 0.6 is 0 Å². The summed E-state index contributed by atoms with van der Waals surface area (Å²) < 4.78 is 48.5. The van der Waals surface area contributed by atoms with Crippen molar-refractivity contribution in [1.82, 2.24) is 14.4 Å². The molecule has 4 rings (SSSR count). The number of benzene rings is 1. The minimum Gasteiger partial charge on any atom is -0.454 e. The average Bonchev–Trinajstić information content (AvgIpc) is 3.34. The molecule has 0 bridgehead atoms. The fourth-order valence-corrected chi connectivity index (χ4v) is 5.53. The summed E-state index contributed by atoms with van der Waals surface area (Å²) in [7, 11) is -3.64. The van der Waals surface area contributed by atoms with Crippen LogP contribution in [-0.2, 0) is 21.4 Å². The summed E-state index contributed by atoms with van der Waals surface area (Å²) in [6.07, 6.45) is -0.667. The van der Waals surface area contributed by atoms with Crippen LogP contribution in [0.3, 0.4) is 0 Å². The van der Waals surface area contributed by atoms with Gasteiger partial charge in [0.2, 0.25) is 16.8 Å². The highest BCUT2D eigenvalue weighted by Gasteiger charge is 2.33. The lowest BCUT2D eigenvalue weighted by Gasteiger charge is -2.34. The summed E-state index contributed by atoms with van der Waals surface area (Å²) in [4.78, 5) is 2.19. The van der Waals surface area contributed by atoms with Gasteiger partial charge in [-0.15, -0.1) is 0 Å². The van der Waals surface area contributed by atoms with Crippen molar-refractivity contribution in [2.75, 3.05) is 46.1 Å². The van der Waals surface area contributed by atoms with Crippen molar-refractivity contribution < 1.29 is 32.3 Å². The molecule has 0 aliphatic carbocycles. The van der Waals surface area contributed by atoms with Gasteiger partial charge in [0.1, 0.15) is 10.6 Å². The van der Waals surface area contributed by atoms with Crippen molar-refractivity contribution in [2.45, 2.75) is 31.5 Å². The number of aryl methyl sites for hydroxylation is 2. The van der Waals surface area contributed by atoms with Crippen molar-refractivity contribution in [3.05, 3.63) is 35.2 Å². The molecule has 1 aromatic heterocycles. The van der Waals surface area contributed by atoms with E-state index in [1.54, 1.807) is 13.8 Å². The summed E-state index contributed by atoms with van der Waals surface area (Å²) in [6.45, 7) is 6.16. The van der Waals surface area contributed by atoms with E-state index in [0.29, 0.717) is 56.5 Å². The standard InChI is InChI=1S/C20H27N3O7S/c1-14-20(15(2)30-21-14)31(25,26)23-7-5-22(6-8-23)10-17(24)12-27-11-16-3-4-18-19(9-16)29-13-28-18/h3-4,9,17,24H,5-8,10-13H2,1-2H3/t17-/m1/s1. The first-order valence-corrected chi connectivity index (χ1v) is 11.6. The Morgan fingerprint density at radius 3 is 2.61 bits per heavy atom. The number of aromatic nitrogens is 1. The van der Waals surface area contributed by atoms with Gasteiger partial charge in [-0.2, -0.15) is 4.31 Å². The summed E-state index contributed by atoms with van der Waals surface area (Å²) >= 11 is 0. The molecule has 0 saturated carbocycles. The van der Waals surface area contributed by atoms with Crippen molar-refractivity contribution in [3.63, 3.8) is 0 Å². The number of sulfonamides is 1. The van der Waals surface area contributed by atoms with Crippen molar-refractivity contribution in [1.29, 1.82) is 0 Å². The van der Waals surface area contributed by atoms with Crippen LogP contribution in [0.2, 0.25) is 0 Å². The Kier molecular flexibility index (Phi) is 6.49. The molecule has 3 heterocycles. The molecule has 10 nitrogen and oxygen atoms in total. The van der Waals surface area contributed by atoms with Gasteiger partial charge in [0.05, 0.1) is 19.3 Å². The molecule has 1 atom stereocenters. The van der Waals surface area contributed by atoms with Gasteiger partial charge >= 0.3 is 0 Å². The molecule has 0 amide bonds. The van der Waals surface area contributed by atoms with E-state index in [1.165, 1.54) is 4.31 Å². The van der Waals surface area contributed by atoms with Crippen LogP contribution in [0.15, 0.2) is 27.6 Å². The molecule has 2 aliphatic rings. The number of aliphatic hydroxyl groups excluding tert-OH is 1. The highest BCUT2D eigenvalue weighted by Crippen LogP contribution is 2.32. The zero-order chi connectivity index (χ0) is 22.0. The number of ether oxygens (including phenoxy) is 3. The number of aliphatic hydroxyl groups is 1. The second kappa shape index (κ2) is 9.13. The Balaban J connectivity index is 1.21. The molecule has 31 heavy (non-hydrogen) atoms. The van der Waals surface area contributed by atoms with E-state index < -0.39 is 16.1 Å². The lowest BCUT2D eigenvalue weighted by molar-refractivity contribution is 0.00536. The maximum Gasteiger partial charge on any atom is 0.248 e. The first-order valence-electron chi connectivity index (χ1n) is 10.1. The number of piperazine rings is 1. The second-order valence-corrected chi connectivity index (χ2v) is 9.59. The maximum atomic E-state index is 12.9. The normalized spacial score (nSPS) is 18.4. The lowest BCUT2D eigenvalue weighted by atomic mass is 10.2. The molecule has 1 saturated heterocycles. The van der Waals surface area contributed by atoms with E-state index in [0.717, 1.165) is 11.3 Å². The predicted octanol–water partition coefficient (Wildman–Crippen LogP) is 0.904. The minimum atomic E-state index is -3.64. The van der Waals surface area contributed by atoms with Gasteiger partial charge in [-0.1, -0.05) is 11.2 Å². The average molecular weight is 454 g/mol. The molecule has 1 fully saturated rings. The Bertz CT molecular complexity index is 996. The van der Waals surface area contributed by atoms with Gasteiger partial charge < -0.3 is 23.8 Å². The summed E-state index contributed by atoms with van der Waals surface area (Å²) in [6, 6.07) is 5.61. The van der Waals surface area contributed by atoms with Crippen LogP contribution in [-0.4, -0.2) is 80.1 Å². The van der Waals surface area contributed by atoms with E-state index in [-0.39, 0.29) is 18.3 Å². The van der Waals surface area contributed by atoms with Crippen LogP contribution in [0, 0.1) is 13.8 Å². The van der Waals surface area contributed by atoms with Crippen LogP contribution in [0.5, 0.6) is 11.5 Å². The second-order valence-electron chi connectivity index (χ2n) is 7.71. The molecule has 0 unspecified atom stereocenters. The van der Waals surface area contributed by atoms with Gasteiger partial charge in [0.25, 0.3) is 0 Å². The summed E-state index contributed by atoms with van der Waals surface area (Å²) in [5, 5.41) is 14.1. The van der Waals surface area contributed by atoms with E-state index in [1.807, 2.05) is 23.1 Å². The highest BCUT2D eigenvalue weighted by molar-refractivity contribution is 7.89. The van der Waals surface area contributed by atoms with E-state index >= 15 is 0 Å². The van der Waals surface area contributed by atoms with Crippen LogP contribution in [0.4, 0.5) is 0 Å². The molecule has 1 aromatic carbocycles. The molecule has 0 radical (unpaired) electrons. The van der Waals surface area contributed by atoms with Crippen molar-refractivity contribution in [3.8, 4) is 11.5 Å². The topological polar surface area (TPSA) is 115 Å². The highest BCUT2D eigenvalue weighted by atomic mass is 32.2. The Labute approximate surface area is 181 Å². The fraction of sp³-hybridized carbons (Fsp3) is 0.550. The Morgan fingerprint density at radius 2 is 1.90 bits per heavy atom. The predicted molar refractivity (Wildman–Crippen MR) is 109 cm³/mol. The van der Waals surface area contributed by atoms with Crippen molar-refractivity contribution >= 4 is 10.0 Å². The Morgan fingerprint density at radius 1 is 1.16 bits per heavy atom. The molecule has 2 aromatic rings. The largest absolute Gasteiger partial charge is 0.454 e. The third kappa shape index (κ3) is 4.85. The number of hydrogen-bond acceptors (Lipinski definition) is 9. The molecule has 0 spiro atoms. The third-order valence-corrected chi connectivity index (χ3v) is 7.53. The monoisotopic (exact) mass is 453 g/mol. The number of nitrogens with zero attached hydrogens (tertiary/aromatic N) is 3. The first-order chi connectivity index (χ1) is 14.8. The fourth-order valence-electron chi connectivity index (χ4n) is 3.82. The zero-order valence-corrected chi connectivity index (χ0v) is 18.4. The summed E-state index contributed by atoms with van der Waals surface area (Å²) in [5.41, 5.74) is 1.31. The lowest BCUT2D eigenvalue weighted by Crippen LogP contribution is -2.50.